The molecule has 1 atom stereocenters. The molecule has 0 N–H and O–H groups in total. The molecule has 1 amide bonds. The second kappa shape index (κ2) is 6.02. The number of rotatable bonds is 5. The van der Waals surface area contributed by atoms with Crippen molar-refractivity contribution in [2.45, 2.75) is 33.2 Å². The van der Waals surface area contributed by atoms with Crippen molar-refractivity contribution in [3.63, 3.8) is 0 Å². The molecule has 0 fully saturated rings. The van der Waals surface area contributed by atoms with Crippen molar-refractivity contribution in [2.24, 2.45) is 0 Å². The first-order valence-corrected chi connectivity index (χ1v) is 7.38. The van der Waals surface area contributed by atoms with Crippen LogP contribution < -0.4 is 4.90 Å². The van der Waals surface area contributed by atoms with Gasteiger partial charge in [-0.1, -0.05) is 37.3 Å². The summed E-state index contributed by atoms with van der Waals surface area (Å²) >= 11 is 1.74. The number of aryl methyl sites for hydroxylation is 1. The Morgan fingerprint density at radius 2 is 2.00 bits per heavy atom. The summed E-state index contributed by atoms with van der Waals surface area (Å²) in [7, 11) is 0. The molecule has 2 rings (SSSR count). The number of nitrogens with zero attached hydrogens (tertiary/aromatic N) is 1. The largest absolute Gasteiger partial charge is 0.311 e. The molecule has 3 heteroatoms. The Morgan fingerprint density at radius 1 is 1.32 bits per heavy atom. The summed E-state index contributed by atoms with van der Waals surface area (Å²) in [5.74, 6) is 0. The van der Waals surface area contributed by atoms with E-state index in [4.69, 9.17) is 0 Å². The molecule has 0 spiro atoms. The molecule has 19 heavy (non-hydrogen) atoms. The second-order valence-electron chi connectivity index (χ2n) is 4.69. The molecule has 1 aromatic heterocycles. The van der Waals surface area contributed by atoms with Gasteiger partial charge in [0, 0.05) is 15.8 Å². The zero-order valence-corrected chi connectivity index (χ0v) is 12.4. The summed E-state index contributed by atoms with van der Waals surface area (Å²) in [6, 6.07) is 12.6. The SMILES string of the molecule is CCC(C)N(C=O)c1cc(-c2ccccc2)sc1C. The van der Waals surface area contributed by atoms with E-state index in [1.165, 1.54) is 15.3 Å². The maximum Gasteiger partial charge on any atom is 0.214 e. The molecule has 1 heterocycles. The number of thiophene rings is 1. The highest BCUT2D eigenvalue weighted by atomic mass is 32.1. The summed E-state index contributed by atoms with van der Waals surface area (Å²) in [4.78, 5) is 15.6. The molecule has 0 saturated carbocycles. The van der Waals surface area contributed by atoms with E-state index < -0.39 is 0 Å². The molecular weight excluding hydrogens is 254 g/mol. The molecule has 2 nitrogen and oxygen atoms in total. The minimum absolute atomic E-state index is 0.231. The molecule has 0 bridgehead atoms. The van der Waals surface area contributed by atoms with E-state index in [1.54, 1.807) is 11.3 Å². The fourth-order valence-electron chi connectivity index (χ4n) is 2.07. The third kappa shape index (κ3) is 2.87. The van der Waals surface area contributed by atoms with Crippen molar-refractivity contribution < 1.29 is 4.79 Å². The minimum atomic E-state index is 0.231. The summed E-state index contributed by atoms with van der Waals surface area (Å²) in [5, 5.41) is 0. The van der Waals surface area contributed by atoms with Crippen LogP contribution in [0.15, 0.2) is 36.4 Å². The Bertz CT molecular complexity index is 547. The monoisotopic (exact) mass is 273 g/mol. The molecule has 0 saturated heterocycles. The minimum Gasteiger partial charge on any atom is -0.311 e. The van der Waals surface area contributed by atoms with Gasteiger partial charge in [0.15, 0.2) is 0 Å². The quantitative estimate of drug-likeness (QED) is 0.735. The van der Waals surface area contributed by atoms with E-state index in [1.807, 2.05) is 23.1 Å². The number of carbonyl (C=O) groups is 1. The van der Waals surface area contributed by atoms with Gasteiger partial charge in [-0.3, -0.25) is 4.79 Å². The van der Waals surface area contributed by atoms with Gasteiger partial charge in [-0.05, 0) is 31.9 Å². The third-order valence-electron chi connectivity index (χ3n) is 3.41. The van der Waals surface area contributed by atoms with Crippen molar-refractivity contribution in [3.05, 3.63) is 41.3 Å². The Kier molecular flexibility index (Phi) is 4.38. The van der Waals surface area contributed by atoms with Gasteiger partial charge in [-0.2, -0.15) is 0 Å². The fraction of sp³-hybridized carbons (Fsp3) is 0.312. The highest BCUT2D eigenvalue weighted by molar-refractivity contribution is 7.16. The van der Waals surface area contributed by atoms with Gasteiger partial charge in [0.25, 0.3) is 0 Å². The number of hydrogen-bond acceptors (Lipinski definition) is 2. The van der Waals surface area contributed by atoms with Gasteiger partial charge < -0.3 is 4.90 Å². The first-order chi connectivity index (χ1) is 9.17. The second-order valence-corrected chi connectivity index (χ2v) is 5.94. The molecular formula is C16H19NOS. The molecule has 0 aliphatic rings. The third-order valence-corrected chi connectivity index (χ3v) is 4.50. The summed E-state index contributed by atoms with van der Waals surface area (Å²) in [5.41, 5.74) is 2.24. The van der Waals surface area contributed by atoms with Crippen LogP contribution in [-0.2, 0) is 4.79 Å². The zero-order chi connectivity index (χ0) is 13.8. The highest BCUT2D eigenvalue weighted by Crippen LogP contribution is 2.36. The average molecular weight is 273 g/mol. The van der Waals surface area contributed by atoms with Crippen molar-refractivity contribution in [1.82, 2.24) is 0 Å². The lowest BCUT2D eigenvalue weighted by molar-refractivity contribution is -0.107. The maximum absolute atomic E-state index is 11.3. The van der Waals surface area contributed by atoms with Gasteiger partial charge in [0.2, 0.25) is 6.41 Å². The van der Waals surface area contributed by atoms with Crippen LogP contribution in [0.3, 0.4) is 0 Å². The summed E-state index contributed by atoms with van der Waals surface area (Å²) < 4.78 is 0. The van der Waals surface area contributed by atoms with Gasteiger partial charge in [0.1, 0.15) is 0 Å². The van der Waals surface area contributed by atoms with Crippen molar-refractivity contribution in [1.29, 1.82) is 0 Å². The van der Waals surface area contributed by atoms with Crippen LogP contribution in [0.2, 0.25) is 0 Å². The van der Waals surface area contributed by atoms with Crippen LogP contribution in [0.5, 0.6) is 0 Å². The Balaban J connectivity index is 2.38. The number of carbonyl (C=O) groups excluding carboxylic acids is 1. The highest BCUT2D eigenvalue weighted by Gasteiger charge is 2.17. The predicted molar refractivity (Wildman–Crippen MR) is 82.8 cm³/mol. The van der Waals surface area contributed by atoms with Gasteiger partial charge in [-0.15, -0.1) is 11.3 Å². The topological polar surface area (TPSA) is 20.3 Å². The lowest BCUT2D eigenvalue weighted by Gasteiger charge is -2.23. The Labute approximate surface area is 118 Å². The summed E-state index contributed by atoms with van der Waals surface area (Å²) in [6.45, 7) is 6.25. The smallest absolute Gasteiger partial charge is 0.214 e. The lowest BCUT2D eigenvalue weighted by Crippen LogP contribution is -2.31. The van der Waals surface area contributed by atoms with Gasteiger partial charge in [0.05, 0.1) is 5.69 Å². The van der Waals surface area contributed by atoms with E-state index in [2.05, 4.69) is 39.0 Å². The maximum atomic E-state index is 11.3. The van der Waals surface area contributed by atoms with Crippen molar-refractivity contribution in [3.8, 4) is 10.4 Å². The van der Waals surface area contributed by atoms with Crippen molar-refractivity contribution >= 4 is 23.4 Å². The predicted octanol–water partition coefficient (Wildman–Crippen LogP) is 4.48. The van der Waals surface area contributed by atoms with E-state index >= 15 is 0 Å². The first kappa shape index (κ1) is 13.8. The van der Waals surface area contributed by atoms with Crippen LogP contribution in [0.4, 0.5) is 5.69 Å². The van der Waals surface area contributed by atoms with E-state index in [-0.39, 0.29) is 6.04 Å². The number of benzene rings is 1. The molecule has 0 aliphatic heterocycles. The molecule has 0 radical (unpaired) electrons. The van der Waals surface area contributed by atoms with Crippen LogP contribution in [0.1, 0.15) is 25.1 Å². The van der Waals surface area contributed by atoms with Gasteiger partial charge in [-0.25, -0.2) is 0 Å². The van der Waals surface area contributed by atoms with E-state index in [9.17, 15) is 4.79 Å². The normalized spacial score (nSPS) is 12.2. The number of amides is 1. The van der Waals surface area contributed by atoms with E-state index in [0.29, 0.717) is 0 Å². The molecule has 100 valence electrons. The number of anilines is 1. The lowest BCUT2D eigenvalue weighted by atomic mass is 10.1. The van der Waals surface area contributed by atoms with Crippen LogP contribution in [0, 0.1) is 6.92 Å². The number of hydrogen-bond donors (Lipinski definition) is 0. The standard InChI is InChI=1S/C16H19NOS/c1-4-12(2)17(11-18)15-10-16(19-13(15)3)14-8-6-5-7-9-14/h5-12H,4H2,1-3H3. The Morgan fingerprint density at radius 3 is 2.58 bits per heavy atom. The Hall–Kier alpha value is -1.61. The summed E-state index contributed by atoms with van der Waals surface area (Å²) in [6.07, 6.45) is 1.90. The zero-order valence-electron chi connectivity index (χ0n) is 11.6. The van der Waals surface area contributed by atoms with E-state index in [0.717, 1.165) is 18.5 Å². The van der Waals surface area contributed by atoms with Crippen LogP contribution >= 0.6 is 11.3 Å². The molecule has 2 aromatic rings. The molecule has 0 aliphatic carbocycles. The van der Waals surface area contributed by atoms with Crippen molar-refractivity contribution in [2.75, 3.05) is 4.90 Å². The van der Waals surface area contributed by atoms with Crippen LogP contribution in [0.25, 0.3) is 10.4 Å². The molecule has 1 aromatic carbocycles. The average Bonchev–Trinajstić information content (AvgIpc) is 2.82. The molecule has 1 unspecified atom stereocenters. The first-order valence-electron chi connectivity index (χ1n) is 6.56. The van der Waals surface area contributed by atoms with Gasteiger partial charge >= 0.3 is 0 Å². The fourth-order valence-corrected chi connectivity index (χ4v) is 3.09. The van der Waals surface area contributed by atoms with Crippen LogP contribution in [-0.4, -0.2) is 12.5 Å².